The van der Waals surface area contributed by atoms with Gasteiger partial charge in [-0.25, -0.2) is 4.98 Å². The number of benzene rings is 3. The molecule has 0 saturated heterocycles. The molecule has 2 heterocycles. The molecule has 1 unspecified atom stereocenters. The number of aromatic nitrogens is 1. The first-order chi connectivity index (χ1) is 16.1. The summed E-state index contributed by atoms with van der Waals surface area (Å²) in [4.78, 5) is 9.99. The summed E-state index contributed by atoms with van der Waals surface area (Å²) in [6.45, 7) is 2.87. The van der Waals surface area contributed by atoms with Crippen molar-refractivity contribution in [3.8, 4) is 17.0 Å². The van der Waals surface area contributed by atoms with Gasteiger partial charge in [-0.1, -0.05) is 85.6 Å². The number of rotatable bonds is 6. The Bertz CT molecular complexity index is 1320. The lowest BCUT2D eigenvalue weighted by Gasteiger charge is -2.30. The van der Waals surface area contributed by atoms with Crippen LogP contribution in [0.5, 0.6) is 5.75 Å². The summed E-state index contributed by atoms with van der Waals surface area (Å²) in [5, 5.41) is 5.38. The van der Waals surface area contributed by atoms with Gasteiger partial charge in [0.15, 0.2) is 5.75 Å². The zero-order valence-electron chi connectivity index (χ0n) is 18.8. The van der Waals surface area contributed by atoms with Crippen molar-refractivity contribution < 1.29 is 4.74 Å². The average molecular weight is 456 g/mol. The number of amidine groups is 1. The van der Waals surface area contributed by atoms with Crippen molar-refractivity contribution in [3.63, 3.8) is 0 Å². The van der Waals surface area contributed by atoms with E-state index in [2.05, 4.69) is 36.5 Å². The topological polar surface area (TPSA) is 46.5 Å². The van der Waals surface area contributed by atoms with E-state index >= 15 is 0 Å². The fraction of sp³-hybridized carbons (Fsp3) is 0.214. The molecule has 3 aromatic carbocycles. The summed E-state index contributed by atoms with van der Waals surface area (Å²) in [5.74, 6) is 1.51. The Balaban J connectivity index is 1.71. The highest BCUT2D eigenvalue weighted by atomic mass is 35.5. The Morgan fingerprint density at radius 3 is 2.42 bits per heavy atom. The molecule has 0 aliphatic carbocycles. The first kappa shape index (κ1) is 21.5. The third-order valence-corrected chi connectivity index (χ3v) is 6.49. The van der Waals surface area contributed by atoms with E-state index in [0.29, 0.717) is 17.3 Å². The van der Waals surface area contributed by atoms with Gasteiger partial charge in [0, 0.05) is 16.0 Å². The molecule has 5 rings (SSSR count). The normalized spacial score (nSPS) is 17.6. The Kier molecular flexibility index (Phi) is 5.77. The molecule has 0 amide bonds. The summed E-state index contributed by atoms with van der Waals surface area (Å²) in [7, 11) is 1.69. The molecule has 5 heteroatoms. The van der Waals surface area contributed by atoms with Crippen LogP contribution in [0.1, 0.15) is 30.9 Å². The summed E-state index contributed by atoms with van der Waals surface area (Å²) < 4.78 is 6.00. The van der Waals surface area contributed by atoms with Gasteiger partial charge in [0.1, 0.15) is 11.5 Å². The molecule has 0 bridgehead atoms. The van der Waals surface area contributed by atoms with E-state index < -0.39 is 0 Å². The second-order valence-corrected chi connectivity index (χ2v) is 8.82. The van der Waals surface area contributed by atoms with Gasteiger partial charge in [-0.3, -0.25) is 4.99 Å². The molecule has 0 radical (unpaired) electrons. The first-order valence-electron chi connectivity index (χ1n) is 11.3. The van der Waals surface area contributed by atoms with Crippen molar-refractivity contribution >= 4 is 28.3 Å². The number of nitrogens with zero attached hydrogens (tertiary/aromatic N) is 2. The number of methoxy groups -OCH3 is 1. The molecule has 4 nitrogen and oxygen atoms in total. The van der Waals surface area contributed by atoms with Crippen molar-refractivity contribution in [1.82, 2.24) is 10.3 Å². The van der Waals surface area contributed by atoms with E-state index in [1.807, 2.05) is 54.6 Å². The summed E-state index contributed by atoms with van der Waals surface area (Å²) >= 11 is 6.42. The molecule has 1 aliphatic rings. The minimum absolute atomic E-state index is 0.253. The highest BCUT2D eigenvalue weighted by Crippen LogP contribution is 2.40. The molecule has 0 fully saturated rings. The number of fused-ring (bicyclic) bond motifs is 1. The first-order valence-corrected chi connectivity index (χ1v) is 11.6. The van der Waals surface area contributed by atoms with Crippen LogP contribution in [0.25, 0.3) is 22.2 Å². The number of hydrogen-bond acceptors (Lipinski definition) is 4. The minimum atomic E-state index is -0.253. The smallest absolute Gasteiger partial charge is 0.156 e. The molecule has 4 aromatic rings. The molecule has 1 aliphatic heterocycles. The molecular weight excluding hydrogens is 430 g/mol. The lowest BCUT2D eigenvalue weighted by molar-refractivity contribution is 0.391. The third kappa shape index (κ3) is 3.85. The van der Waals surface area contributed by atoms with E-state index in [1.54, 1.807) is 7.11 Å². The predicted octanol–water partition coefficient (Wildman–Crippen LogP) is 6.61. The van der Waals surface area contributed by atoms with Gasteiger partial charge in [0.25, 0.3) is 0 Å². The number of hydrogen-bond donors (Lipinski definition) is 1. The zero-order valence-corrected chi connectivity index (χ0v) is 19.6. The molecule has 0 saturated carbocycles. The van der Waals surface area contributed by atoms with Gasteiger partial charge >= 0.3 is 0 Å². The van der Waals surface area contributed by atoms with E-state index in [9.17, 15) is 0 Å². The lowest BCUT2D eigenvalue weighted by atomic mass is 9.86. The quantitative estimate of drug-likeness (QED) is 0.356. The van der Waals surface area contributed by atoms with Crippen molar-refractivity contribution in [1.29, 1.82) is 0 Å². The van der Waals surface area contributed by atoms with E-state index in [-0.39, 0.29) is 5.54 Å². The largest absolute Gasteiger partial charge is 0.494 e. The van der Waals surface area contributed by atoms with Crippen molar-refractivity contribution in [2.24, 2.45) is 4.99 Å². The number of nitrogens with one attached hydrogen (secondary N) is 1. The van der Waals surface area contributed by atoms with Gasteiger partial charge in [-0.05, 0) is 30.2 Å². The second kappa shape index (κ2) is 8.87. The fourth-order valence-corrected chi connectivity index (χ4v) is 4.91. The van der Waals surface area contributed by atoms with Crippen molar-refractivity contribution in [3.05, 3.63) is 95.0 Å². The highest BCUT2D eigenvalue weighted by molar-refractivity contribution is 6.31. The highest BCUT2D eigenvalue weighted by Gasteiger charge is 2.38. The maximum absolute atomic E-state index is 6.42. The molecule has 0 spiro atoms. The lowest BCUT2D eigenvalue weighted by Crippen LogP contribution is -2.43. The standard InChI is InChI=1S/C28H26ClN3O/c1-3-16-28(20-12-8-5-9-13-20)18-30-27(32-28)24-22-17-21(29)14-15-23(22)31-25(26(24)33-2)19-10-6-4-7-11-19/h4-15,17H,3,16,18H2,1-2H3,(H,30,32). The predicted molar refractivity (Wildman–Crippen MR) is 136 cm³/mol. The van der Waals surface area contributed by atoms with Crippen LogP contribution in [0.2, 0.25) is 5.02 Å². The fourth-order valence-electron chi connectivity index (χ4n) is 4.74. The van der Waals surface area contributed by atoms with Crippen LogP contribution in [-0.2, 0) is 5.54 Å². The number of aliphatic imine (C=N–C) groups is 1. The Labute approximate surface area is 199 Å². The zero-order chi connectivity index (χ0) is 22.8. The Hall–Kier alpha value is -3.37. The van der Waals surface area contributed by atoms with Gasteiger partial charge in [0.05, 0.1) is 30.3 Å². The molecule has 1 aromatic heterocycles. The van der Waals surface area contributed by atoms with Crippen LogP contribution >= 0.6 is 11.6 Å². The summed E-state index contributed by atoms with van der Waals surface area (Å²) in [6, 6.07) is 26.5. The second-order valence-electron chi connectivity index (χ2n) is 8.38. The monoisotopic (exact) mass is 455 g/mol. The number of halogens is 1. The Morgan fingerprint density at radius 2 is 1.73 bits per heavy atom. The van der Waals surface area contributed by atoms with Gasteiger partial charge in [-0.2, -0.15) is 0 Å². The molecule has 33 heavy (non-hydrogen) atoms. The SMILES string of the molecule is CCCC1(c2ccccc2)CN=C(c2c(OC)c(-c3ccccc3)nc3ccc(Cl)cc23)N1. The van der Waals surface area contributed by atoms with Crippen LogP contribution in [0.3, 0.4) is 0 Å². The van der Waals surface area contributed by atoms with Gasteiger partial charge in [-0.15, -0.1) is 0 Å². The minimum Gasteiger partial charge on any atom is -0.494 e. The van der Waals surface area contributed by atoms with Crippen LogP contribution in [-0.4, -0.2) is 24.5 Å². The third-order valence-electron chi connectivity index (χ3n) is 6.26. The van der Waals surface area contributed by atoms with Crippen LogP contribution < -0.4 is 10.1 Å². The van der Waals surface area contributed by atoms with Crippen molar-refractivity contribution in [2.75, 3.05) is 13.7 Å². The van der Waals surface area contributed by atoms with Crippen molar-refractivity contribution in [2.45, 2.75) is 25.3 Å². The van der Waals surface area contributed by atoms with Crippen LogP contribution in [0.4, 0.5) is 0 Å². The van der Waals surface area contributed by atoms with E-state index in [1.165, 1.54) is 5.56 Å². The van der Waals surface area contributed by atoms with Gasteiger partial charge in [0.2, 0.25) is 0 Å². The molecule has 1 atom stereocenters. The molecular formula is C28H26ClN3O. The van der Waals surface area contributed by atoms with E-state index in [0.717, 1.165) is 46.4 Å². The number of pyridine rings is 1. The van der Waals surface area contributed by atoms with E-state index in [4.69, 9.17) is 26.3 Å². The maximum atomic E-state index is 6.42. The van der Waals surface area contributed by atoms with Gasteiger partial charge < -0.3 is 10.1 Å². The maximum Gasteiger partial charge on any atom is 0.156 e. The summed E-state index contributed by atoms with van der Waals surface area (Å²) in [5.41, 5.74) is 4.53. The van der Waals surface area contributed by atoms with Crippen LogP contribution in [0, 0.1) is 0 Å². The number of ether oxygens (including phenoxy) is 1. The molecule has 166 valence electrons. The molecule has 1 N–H and O–H groups in total. The van der Waals surface area contributed by atoms with Crippen LogP contribution in [0.15, 0.2) is 83.9 Å². The summed E-state index contributed by atoms with van der Waals surface area (Å²) in [6.07, 6.45) is 2.02. The Morgan fingerprint density at radius 1 is 1.00 bits per heavy atom. The average Bonchev–Trinajstić information content (AvgIpc) is 3.29.